The van der Waals surface area contributed by atoms with E-state index in [4.69, 9.17) is 4.74 Å². The molecule has 2 saturated heterocycles. The normalized spacial score (nSPS) is 29.1. The first-order valence-corrected chi connectivity index (χ1v) is 7.68. The Labute approximate surface area is 116 Å². The van der Waals surface area contributed by atoms with E-state index in [1.165, 1.54) is 19.3 Å². The van der Waals surface area contributed by atoms with Crippen LogP contribution in [0.1, 0.15) is 52.9 Å². The third-order valence-corrected chi connectivity index (χ3v) is 4.11. The van der Waals surface area contributed by atoms with Crippen LogP contribution < -0.4 is 5.32 Å². The van der Waals surface area contributed by atoms with E-state index in [1.54, 1.807) is 0 Å². The van der Waals surface area contributed by atoms with Crippen LogP contribution in [0.5, 0.6) is 0 Å². The van der Waals surface area contributed by atoms with Crippen molar-refractivity contribution in [3.63, 3.8) is 0 Å². The molecule has 19 heavy (non-hydrogen) atoms. The molecule has 1 N–H and O–H groups in total. The Hall–Kier alpha value is -0.770. The summed E-state index contributed by atoms with van der Waals surface area (Å²) in [4.78, 5) is 14.4. The first-order valence-electron chi connectivity index (χ1n) is 7.68. The highest BCUT2D eigenvalue weighted by atomic mass is 16.6. The second kappa shape index (κ2) is 6.12. The maximum Gasteiger partial charge on any atom is 0.410 e. The molecule has 4 heteroatoms. The topological polar surface area (TPSA) is 41.6 Å². The Morgan fingerprint density at radius 2 is 1.89 bits per heavy atom. The first kappa shape index (κ1) is 14.6. The number of amides is 1. The third-order valence-electron chi connectivity index (χ3n) is 4.11. The Kier molecular flexibility index (Phi) is 4.71. The number of carbonyl (C=O) groups is 1. The number of fused-ring (bicyclic) bond motifs is 1. The summed E-state index contributed by atoms with van der Waals surface area (Å²) in [7, 11) is 0. The van der Waals surface area contributed by atoms with Crippen molar-refractivity contribution in [3.05, 3.63) is 0 Å². The summed E-state index contributed by atoms with van der Waals surface area (Å²) in [6.07, 6.45) is 5.73. The molecule has 2 atom stereocenters. The number of ether oxygens (including phenoxy) is 1. The Morgan fingerprint density at radius 1 is 1.16 bits per heavy atom. The lowest BCUT2D eigenvalue weighted by Crippen LogP contribution is -2.46. The van der Waals surface area contributed by atoms with E-state index in [9.17, 15) is 4.79 Å². The molecule has 0 bridgehead atoms. The molecule has 0 aromatic rings. The van der Waals surface area contributed by atoms with E-state index >= 15 is 0 Å². The highest BCUT2D eigenvalue weighted by Crippen LogP contribution is 2.30. The third kappa shape index (κ3) is 4.10. The molecule has 2 aliphatic heterocycles. The SMILES string of the molecule is CC(C)(C)OC(=O)N1CCCCC2CCNCCC21. The molecule has 110 valence electrons. The van der Waals surface area contributed by atoms with E-state index in [1.807, 2.05) is 25.7 Å². The molecule has 0 radical (unpaired) electrons. The van der Waals surface area contributed by atoms with Crippen molar-refractivity contribution in [2.24, 2.45) is 5.92 Å². The summed E-state index contributed by atoms with van der Waals surface area (Å²) in [5, 5.41) is 3.45. The van der Waals surface area contributed by atoms with E-state index in [2.05, 4.69) is 5.32 Å². The smallest absolute Gasteiger partial charge is 0.410 e. The van der Waals surface area contributed by atoms with Crippen molar-refractivity contribution in [3.8, 4) is 0 Å². The van der Waals surface area contributed by atoms with Gasteiger partial charge in [-0.25, -0.2) is 4.79 Å². The van der Waals surface area contributed by atoms with Gasteiger partial charge in [0.05, 0.1) is 0 Å². The predicted molar refractivity (Wildman–Crippen MR) is 76.2 cm³/mol. The lowest BCUT2D eigenvalue weighted by atomic mass is 9.90. The summed E-state index contributed by atoms with van der Waals surface area (Å²) >= 11 is 0. The van der Waals surface area contributed by atoms with Gasteiger partial charge in [0.2, 0.25) is 0 Å². The molecular formula is C15H28N2O2. The molecule has 2 heterocycles. The van der Waals surface area contributed by atoms with Crippen molar-refractivity contribution in [2.45, 2.75) is 64.5 Å². The molecule has 1 amide bonds. The van der Waals surface area contributed by atoms with Crippen LogP contribution in [0.15, 0.2) is 0 Å². The summed E-state index contributed by atoms with van der Waals surface area (Å²) in [5.74, 6) is 0.644. The van der Waals surface area contributed by atoms with Gasteiger partial charge < -0.3 is 15.0 Å². The van der Waals surface area contributed by atoms with Crippen molar-refractivity contribution in [1.82, 2.24) is 10.2 Å². The second-order valence-corrected chi connectivity index (χ2v) is 6.82. The van der Waals surface area contributed by atoms with Crippen LogP contribution in [0.3, 0.4) is 0 Å². The van der Waals surface area contributed by atoms with Crippen LogP contribution in [0.2, 0.25) is 0 Å². The molecule has 4 nitrogen and oxygen atoms in total. The molecule has 2 unspecified atom stereocenters. The van der Waals surface area contributed by atoms with Crippen LogP contribution in [0.4, 0.5) is 4.79 Å². The van der Waals surface area contributed by atoms with E-state index < -0.39 is 5.60 Å². The van der Waals surface area contributed by atoms with Crippen molar-refractivity contribution in [1.29, 1.82) is 0 Å². The fraction of sp³-hybridized carbons (Fsp3) is 0.933. The van der Waals surface area contributed by atoms with Crippen LogP contribution >= 0.6 is 0 Å². The molecule has 2 rings (SSSR count). The zero-order chi connectivity index (χ0) is 13.9. The molecule has 0 saturated carbocycles. The average molecular weight is 268 g/mol. The minimum absolute atomic E-state index is 0.119. The Balaban J connectivity index is 2.09. The summed E-state index contributed by atoms with van der Waals surface area (Å²) < 4.78 is 5.59. The van der Waals surface area contributed by atoms with Gasteiger partial charge in [-0.15, -0.1) is 0 Å². The Bertz CT molecular complexity index is 310. The highest BCUT2D eigenvalue weighted by molar-refractivity contribution is 5.68. The summed E-state index contributed by atoms with van der Waals surface area (Å²) in [5.41, 5.74) is -0.401. The number of hydrogen-bond donors (Lipinski definition) is 1. The standard InChI is InChI=1S/C15H28N2O2/c1-15(2,3)19-14(18)17-11-5-4-6-12-7-9-16-10-8-13(12)17/h12-13,16H,4-11H2,1-3H3. The van der Waals surface area contributed by atoms with Gasteiger partial charge >= 0.3 is 6.09 Å². The van der Waals surface area contributed by atoms with Gasteiger partial charge in [-0.3, -0.25) is 0 Å². The molecule has 2 fully saturated rings. The molecule has 0 aromatic carbocycles. The fourth-order valence-corrected chi connectivity index (χ4v) is 3.24. The lowest BCUT2D eigenvalue weighted by molar-refractivity contribution is 0.0112. The Morgan fingerprint density at radius 3 is 2.63 bits per heavy atom. The minimum Gasteiger partial charge on any atom is -0.444 e. The van der Waals surface area contributed by atoms with E-state index in [0.717, 1.165) is 32.5 Å². The predicted octanol–water partition coefficient (Wildman–Crippen LogP) is 2.78. The van der Waals surface area contributed by atoms with Gasteiger partial charge in [0.25, 0.3) is 0 Å². The highest BCUT2D eigenvalue weighted by Gasteiger charge is 2.35. The van der Waals surface area contributed by atoms with Crippen molar-refractivity contribution in [2.75, 3.05) is 19.6 Å². The summed E-state index contributed by atoms with van der Waals surface area (Å²) in [6, 6.07) is 0.368. The van der Waals surface area contributed by atoms with Crippen LogP contribution in [0, 0.1) is 5.92 Å². The number of nitrogens with one attached hydrogen (secondary N) is 1. The largest absolute Gasteiger partial charge is 0.444 e. The quantitative estimate of drug-likeness (QED) is 0.734. The van der Waals surface area contributed by atoms with Crippen molar-refractivity contribution < 1.29 is 9.53 Å². The van der Waals surface area contributed by atoms with Gasteiger partial charge in [-0.2, -0.15) is 0 Å². The zero-order valence-electron chi connectivity index (χ0n) is 12.6. The van der Waals surface area contributed by atoms with Gasteiger partial charge in [-0.1, -0.05) is 6.42 Å². The minimum atomic E-state index is -0.401. The number of likely N-dealkylation sites (tertiary alicyclic amines) is 1. The molecule has 0 aliphatic carbocycles. The van der Waals surface area contributed by atoms with Crippen molar-refractivity contribution >= 4 is 6.09 Å². The zero-order valence-corrected chi connectivity index (χ0v) is 12.6. The van der Waals surface area contributed by atoms with Gasteiger partial charge in [-0.05, 0) is 65.5 Å². The van der Waals surface area contributed by atoms with Crippen LogP contribution in [0.25, 0.3) is 0 Å². The van der Waals surface area contributed by atoms with E-state index in [-0.39, 0.29) is 6.09 Å². The second-order valence-electron chi connectivity index (χ2n) is 6.82. The number of nitrogens with zero attached hydrogens (tertiary/aromatic N) is 1. The van der Waals surface area contributed by atoms with Crippen LogP contribution in [-0.4, -0.2) is 42.3 Å². The maximum absolute atomic E-state index is 12.4. The monoisotopic (exact) mass is 268 g/mol. The first-order chi connectivity index (χ1) is 8.97. The number of carbonyl (C=O) groups excluding carboxylic acids is 1. The number of rotatable bonds is 0. The maximum atomic E-state index is 12.4. The molecule has 0 aromatic heterocycles. The molecule has 2 aliphatic rings. The van der Waals surface area contributed by atoms with Gasteiger partial charge in [0.15, 0.2) is 0 Å². The average Bonchev–Trinajstić information content (AvgIpc) is 2.60. The van der Waals surface area contributed by atoms with Gasteiger partial charge in [0, 0.05) is 12.6 Å². The number of hydrogen-bond acceptors (Lipinski definition) is 3. The van der Waals surface area contributed by atoms with Gasteiger partial charge in [0.1, 0.15) is 5.60 Å². The fourth-order valence-electron chi connectivity index (χ4n) is 3.24. The van der Waals surface area contributed by atoms with E-state index in [0.29, 0.717) is 12.0 Å². The molecule has 0 spiro atoms. The van der Waals surface area contributed by atoms with Crippen LogP contribution in [-0.2, 0) is 4.74 Å². The lowest BCUT2D eigenvalue weighted by Gasteiger charge is -2.35. The summed E-state index contributed by atoms with van der Waals surface area (Å²) in [6.45, 7) is 8.78. The molecular weight excluding hydrogens is 240 g/mol.